The molecule has 0 radical (unpaired) electrons. The van der Waals surface area contributed by atoms with Gasteiger partial charge in [0, 0.05) is 10.9 Å². The molecule has 0 unspecified atom stereocenters. The van der Waals surface area contributed by atoms with E-state index in [0.29, 0.717) is 29.4 Å². The van der Waals surface area contributed by atoms with Gasteiger partial charge >= 0.3 is 0 Å². The summed E-state index contributed by atoms with van der Waals surface area (Å²) >= 11 is 3.34. The quantitative estimate of drug-likeness (QED) is 0.795. The standard InChI is InChI=1S/C14H12BrN3O3/c1-3-10-16-11(21-17-10)6-18-12-7(2)4-8(15)5-9(12)13(19)14(18)20/h4-5H,3,6H2,1-2H3. The van der Waals surface area contributed by atoms with E-state index < -0.39 is 11.7 Å². The van der Waals surface area contributed by atoms with Crippen molar-refractivity contribution in [2.24, 2.45) is 0 Å². The maximum atomic E-state index is 12.2. The molecule has 1 aliphatic rings. The summed E-state index contributed by atoms with van der Waals surface area (Å²) in [6, 6.07) is 3.52. The molecule has 0 atom stereocenters. The number of nitrogens with zero attached hydrogens (tertiary/aromatic N) is 3. The van der Waals surface area contributed by atoms with Crippen molar-refractivity contribution in [1.82, 2.24) is 10.1 Å². The summed E-state index contributed by atoms with van der Waals surface area (Å²) < 4.78 is 5.88. The molecular formula is C14H12BrN3O3. The molecule has 0 fully saturated rings. The van der Waals surface area contributed by atoms with Crippen LogP contribution < -0.4 is 4.90 Å². The van der Waals surface area contributed by atoms with E-state index in [0.717, 1.165) is 10.0 Å². The Balaban J connectivity index is 2.01. The first-order chi connectivity index (χ1) is 10.0. The number of amides is 1. The smallest absolute Gasteiger partial charge is 0.299 e. The van der Waals surface area contributed by atoms with Crippen molar-refractivity contribution in [1.29, 1.82) is 0 Å². The SMILES string of the molecule is CCc1noc(CN2C(=O)C(=O)c3cc(Br)cc(C)c32)n1. The number of hydrogen-bond acceptors (Lipinski definition) is 5. The van der Waals surface area contributed by atoms with E-state index in [9.17, 15) is 9.59 Å². The van der Waals surface area contributed by atoms with Crippen molar-refractivity contribution >= 4 is 33.3 Å². The number of fused-ring (bicyclic) bond motifs is 1. The van der Waals surface area contributed by atoms with E-state index in [4.69, 9.17) is 4.52 Å². The van der Waals surface area contributed by atoms with Gasteiger partial charge < -0.3 is 4.52 Å². The number of aryl methyl sites for hydroxylation is 2. The minimum absolute atomic E-state index is 0.104. The summed E-state index contributed by atoms with van der Waals surface area (Å²) in [5.74, 6) is -0.175. The lowest BCUT2D eigenvalue weighted by Gasteiger charge is -2.16. The summed E-state index contributed by atoms with van der Waals surface area (Å²) in [7, 11) is 0. The third-order valence-corrected chi connectivity index (χ3v) is 3.80. The second-order valence-electron chi connectivity index (χ2n) is 4.80. The molecule has 0 aliphatic carbocycles. The van der Waals surface area contributed by atoms with Crippen molar-refractivity contribution < 1.29 is 14.1 Å². The van der Waals surface area contributed by atoms with Crippen LogP contribution in [0.5, 0.6) is 0 Å². The maximum Gasteiger partial charge on any atom is 0.299 e. The average Bonchev–Trinajstić information content (AvgIpc) is 2.98. The van der Waals surface area contributed by atoms with Crippen LogP contribution in [0.15, 0.2) is 21.1 Å². The van der Waals surface area contributed by atoms with Crippen LogP contribution in [0.4, 0.5) is 5.69 Å². The number of ketones is 1. The molecule has 1 aliphatic heterocycles. The summed E-state index contributed by atoms with van der Waals surface area (Å²) in [4.78, 5) is 29.8. The minimum atomic E-state index is -0.567. The molecular weight excluding hydrogens is 338 g/mol. The fourth-order valence-corrected chi connectivity index (χ4v) is 2.96. The van der Waals surface area contributed by atoms with Gasteiger partial charge in [-0.3, -0.25) is 14.5 Å². The molecule has 2 heterocycles. The lowest BCUT2D eigenvalue weighted by atomic mass is 10.1. The van der Waals surface area contributed by atoms with E-state index in [2.05, 4.69) is 26.1 Å². The molecule has 1 amide bonds. The van der Waals surface area contributed by atoms with Crippen molar-refractivity contribution in [3.05, 3.63) is 39.4 Å². The van der Waals surface area contributed by atoms with Crippen LogP contribution in [0, 0.1) is 6.92 Å². The Morgan fingerprint density at radius 3 is 2.76 bits per heavy atom. The molecule has 3 rings (SSSR count). The summed E-state index contributed by atoms with van der Waals surface area (Å²) in [5, 5.41) is 3.80. The highest BCUT2D eigenvalue weighted by atomic mass is 79.9. The Bertz CT molecular complexity index is 754. The number of aromatic nitrogens is 2. The number of anilines is 1. The first-order valence-corrected chi connectivity index (χ1v) is 7.28. The third-order valence-electron chi connectivity index (χ3n) is 3.34. The largest absolute Gasteiger partial charge is 0.337 e. The number of carbonyl (C=O) groups is 2. The molecule has 1 aromatic carbocycles. The van der Waals surface area contributed by atoms with Crippen molar-refractivity contribution in [2.75, 3.05) is 4.90 Å². The lowest BCUT2D eigenvalue weighted by Crippen LogP contribution is -2.29. The normalized spacial score (nSPS) is 14.0. The van der Waals surface area contributed by atoms with Gasteiger partial charge in [0.15, 0.2) is 5.82 Å². The number of benzene rings is 1. The number of rotatable bonds is 3. The van der Waals surface area contributed by atoms with Crippen LogP contribution in [0.3, 0.4) is 0 Å². The Labute approximate surface area is 129 Å². The Morgan fingerprint density at radius 2 is 2.10 bits per heavy atom. The van der Waals surface area contributed by atoms with Crippen molar-refractivity contribution in [3.63, 3.8) is 0 Å². The molecule has 0 bridgehead atoms. The topological polar surface area (TPSA) is 76.3 Å². The molecule has 21 heavy (non-hydrogen) atoms. The Morgan fingerprint density at radius 1 is 1.33 bits per heavy atom. The average molecular weight is 350 g/mol. The van der Waals surface area contributed by atoms with Gasteiger partial charge in [-0.25, -0.2) is 0 Å². The van der Waals surface area contributed by atoms with Crippen molar-refractivity contribution in [2.45, 2.75) is 26.8 Å². The van der Waals surface area contributed by atoms with E-state index in [1.165, 1.54) is 4.90 Å². The van der Waals surface area contributed by atoms with Gasteiger partial charge in [-0.1, -0.05) is 28.0 Å². The fourth-order valence-electron chi connectivity index (χ4n) is 2.39. The maximum absolute atomic E-state index is 12.2. The van der Waals surface area contributed by atoms with E-state index in [1.54, 1.807) is 6.07 Å². The van der Waals surface area contributed by atoms with Crippen LogP contribution in [0.25, 0.3) is 0 Å². The summed E-state index contributed by atoms with van der Waals surface area (Å²) in [6.07, 6.45) is 0.652. The predicted molar refractivity (Wildman–Crippen MR) is 78.1 cm³/mol. The Kier molecular flexibility index (Phi) is 3.36. The van der Waals surface area contributed by atoms with Crippen LogP contribution >= 0.6 is 15.9 Å². The van der Waals surface area contributed by atoms with Gasteiger partial charge in [0.25, 0.3) is 11.7 Å². The van der Waals surface area contributed by atoms with Gasteiger partial charge in [0.2, 0.25) is 5.89 Å². The highest BCUT2D eigenvalue weighted by Gasteiger charge is 2.38. The van der Waals surface area contributed by atoms with Gasteiger partial charge in [0.1, 0.15) is 6.54 Å². The summed E-state index contributed by atoms with van der Waals surface area (Å²) in [5.41, 5.74) is 1.86. The third kappa shape index (κ3) is 2.27. The van der Waals surface area contributed by atoms with Gasteiger partial charge in [-0.05, 0) is 24.6 Å². The molecule has 0 N–H and O–H groups in total. The number of Topliss-reactive ketones (excluding diaryl/α,β-unsaturated/α-hetero) is 1. The lowest BCUT2D eigenvalue weighted by molar-refractivity contribution is -0.114. The molecule has 108 valence electrons. The van der Waals surface area contributed by atoms with Crippen LogP contribution in [-0.2, 0) is 17.8 Å². The second-order valence-corrected chi connectivity index (χ2v) is 5.71. The fraction of sp³-hybridized carbons (Fsp3) is 0.286. The second kappa shape index (κ2) is 5.07. The van der Waals surface area contributed by atoms with E-state index in [1.807, 2.05) is 19.9 Å². The summed E-state index contributed by atoms with van der Waals surface area (Å²) in [6.45, 7) is 3.87. The monoisotopic (exact) mass is 349 g/mol. The van der Waals surface area contributed by atoms with E-state index in [-0.39, 0.29) is 6.54 Å². The number of halogens is 1. The molecule has 2 aromatic rings. The number of hydrogen-bond donors (Lipinski definition) is 0. The zero-order valence-electron chi connectivity index (χ0n) is 11.5. The molecule has 6 nitrogen and oxygen atoms in total. The first-order valence-electron chi connectivity index (χ1n) is 6.49. The van der Waals surface area contributed by atoms with Crippen LogP contribution in [0.2, 0.25) is 0 Å². The van der Waals surface area contributed by atoms with Crippen LogP contribution in [-0.4, -0.2) is 21.8 Å². The van der Waals surface area contributed by atoms with Gasteiger partial charge in [-0.15, -0.1) is 0 Å². The molecule has 7 heteroatoms. The Hall–Kier alpha value is -2.02. The molecule has 0 spiro atoms. The van der Waals surface area contributed by atoms with Gasteiger partial charge in [0.05, 0.1) is 11.3 Å². The molecule has 0 saturated carbocycles. The predicted octanol–water partition coefficient (Wildman–Crippen LogP) is 2.43. The molecule has 1 aromatic heterocycles. The first kappa shape index (κ1) is 13.9. The zero-order valence-corrected chi connectivity index (χ0v) is 13.1. The highest BCUT2D eigenvalue weighted by Crippen LogP contribution is 2.35. The van der Waals surface area contributed by atoms with Gasteiger partial charge in [-0.2, -0.15) is 4.98 Å². The van der Waals surface area contributed by atoms with E-state index >= 15 is 0 Å². The zero-order chi connectivity index (χ0) is 15.1. The highest BCUT2D eigenvalue weighted by molar-refractivity contribution is 9.10. The minimum Gasteiger partial charge on any atom is -0.337 e. The number of carbonyl (C=O) groups excluding carboxylic acids is 2. The van der Waals surface area contributed by atoms with Crippen molar-refractivity contribution in [3.8, 4) is 0 Å². The van der Waals surface area contributed by atoms with Crippen LogP contribution in [0.1, 0.15) is 34.6 Å². The molecule has 0 saturated heterocycles.